The van der Waals surface area contributed by atoms with E-state index in [2.05, 4.69) is 0 Å². The normalized spacial score (nSPS) is 15.5. The molecule has 0 bridgehead atoms. The van der Waals surface area contributed by atoms with Crippen LogP contribution in [-0.4, -0.2) is 16.9 Å². The Morgan fingerprint density at radius 1 is 1.00 bits per heavy atom. The number of halogens is 2. The maximum Gasteiger partial charge on any atom is 0.331 e. The Morgan fingerprint density at radius 2 is 1.63 bits per heavy atom. The van der Waals surface area contributed by atoms with Gasteiger partial charge in [-0.25, -0.2) is 4.79 Å². The van der Waals surface area contributed by atoms with Crippen molar-refractivity contribution < 1.29 is 14.7 Å². The largest absolute Gasteiger partial charge is 0.478 e. The standard InChI is InChI=1S/C14H12Cl2O3/c15-11-6-5-8(7-12(11)16)13(17)9-3-1-2-4-10(9)14(18)19/h5-7H,1-4H2,(H,18,19). The number of ketones is 1. The van der Waals surface area contributed by atoms with E-state index < -0.39 is 5.97 Å². The Kier molecular flexibility index (Phi) is 4.27. The van der Waals surface area contributed by atoms with Crippen molar-refractivity contribution in [3.05, 3.63) is 45.0 Å². The Bertz CT molecular complexity index is 576. The number of hydrogen-bond donors (Lipinski definition) is 1. The number of carboxylic acid groups (broad SMARTS) is 1. The molecule has 0 fully saturated rings. The third kappa shape index (κ3) is 2.99. The molecule has 1 N–H and O–H groups in total. The third-order valence-electron chi connectivity index (χ3n) is 3.18. The maximum atomic E-state index is 12.4. The molecule has 19 heavy (non-hydrogen) atoms. The molecule has 0 aliphatic heterocycles. The number of allylic oxidation sites excluding steroid dienone is 1. The summed E-state index contributed by atoms with van der Waals surface area (Å²) in [5.41, 5.74) is 0.990. The summed E-state index contributed by atoms with van der Waals surface area (Å²) in [7, 11) is 0. The molecule has 0 atom stereocenters. The quantitative estimate of drug-likeness (QED) is 0.854. The number of carbonyl (C=O) groups excluding carboxylic acids is 1. The van der Waals surface area contributed by atoms with E-state index in [4.69, 9.17) is 28.3 Å². The average Bonchev–Trinajstić information content (AvgIpc) is 2.41. The molecule has 0 saturated carbocycles. The van der Waals surface area contributed by atoms with Gasteiger partial charge in [0, 0.05) is 16.7 Å². The Balaban J connectivity index is 2.41. The summed E-state index contributed by atoms with van der Waals surface area (Å²) in [4.78, 5) is 23.5. The first-order chi connectivity index (χ1) is 9.00. The smallest absolute Gasteiger partial charge is 0.331 e. The lowest BCUT2D eigenvalue weighted by atomic mass is 9.87. The number of aliphatic carboxylic acids is 1. The molecule has 5 heteroatoms. The van der Waals surface area contributed by atoms with Crippen molar-refractivity contribution >= 4 is 35.0 Å². The molecule has 0 saturated heterocycles. The zero-order chi connectivity index (χ0) is 14.0. The minimum absolute atomic E-state index is 0.224. The molecule has 0 heterocycles. The Morgan fingerprint density at radius 3 is 2.21 bits per heavy atom. The zero-order valence-electron chi connectivity index (χ0n) is 10.1. The molecule has 1 aromatic carbocycles. The number of hydrogen-bond acceptors (Lipinski definition) is 2. The lowest BCUT2D eigenvalue weighted by Gasteiger charge is -2.16. The van der Waals surface area contributed by atoms with Crippen LogP contribution in [0.25, 0.3) is 0 Å². The summed E-state index contributed by atoms with van der Waals surface area (Å²) in [5.74, 6) is -1.28. The monoisotopic (exact) mass is 298 g/mol. The summed E-state index contributed by atoms with van der Waals surface area (Å²) >= 11 is 11.7. The molecule has 0 spiro atoms. The summed E-state index contributed by atoms with van der Waals surface area (Å²) in [6.07, 6.45) is 2.58. The van der Waals surface area contributed by atoms with Crippen molar-refractivity contribution in [2.45, 2.75) is 25.7 Å². The van der Waals surface area contributed by atoms with Gasteiger partial charge in [-0.1, -0.05) is 23.2 Å². The van der Waals surface area contributed by atoms with Crippen LogP contribution in [0.4, 0.5) is 0 Å². The number of carbonyl (C=O) groups is 2. The molecular weight excluding hydrogens is 287 g/mol. The summed E-state index contributed by atoms with van der Waals surface area (Å²) < 4.78 is 0. The highest BCUT2D eigenvalue weighted by atomic mass is 35.5. The van der Waals surface area contributed by atoms with E-state index in [1.807, 2.05) is 0 Å². The van der Waals surface area contributed by atoms with Crippen LogP contribution in [0.5, 0.6) is 0 Å². The SMILES string of the molecule is O=C(O)C1=C(C(=O)c2ccc(Cl)c(Cl)c2)CCCC1. The molecular formula is C14H12Cl2O3. The highest BCUT2D eigenvalue weighted by molar-refractivity contribution is 6.42. The number of Topliss-reactive ketones (excluding diaryl/α,β-unsaturated/α-hetero) is 1. The topological polar surface area (TPSA) is 54.4 Å². The fourth-order valence-electron chi connectivity index (χ4n) is 2.20. The third-order valence-corrected chi connectivity index (χ3v) is 3.92. The molecule has 0 aromatic heterocycles. The highest BCUT2D eigenvalue weighted by Gasteiger charge is 2.24. The second-order valence-corrected chi connectivity index (χ2v) is 5.24. The molecule has 2 rings (SSSR count). The first kappa shape index (κ1) is 14.1. The molecule has 100 valence electrons. The van der Waals surface area contributed by atoms with Crippen LogP contribution in [0, 0.1) is 0 Å². The predicted octanol–water partition coefficient (Wildman–Crippen LogP) is 4.13. The van der Waals surface area contributed by atoms with Gasteiger partial charge in [0.15, 0.2) is 5.78 Å². The maximum absolute atomic E-state index is 12.4. The molecule has 1 aliphatic rings. The van der Waals surface area contributed by atoms with Crippen molar-refractivity contribution in [3.8, 4) is 0 Å². The van der Waals surface area contributed by atoms with Crippen LogP contribution < -0.4 is 0 Å². The lowest BCUT2D eigenvalue weighted by Crippen LogP contribution is -2.15. The van der Waals surface area contributed by atoms with Crippen molar-refractivity contribution in [1.82, 2.24) is 0 Å². The van der Waals surface area contributed by atoms with Gasteiger partial charge in [-0.2, -0.15) is 0 Å². The van der Waals surface area contributed by atoms with Crippen molar-refractivity contribution in [2.24, 2.45) is 0 Å². The van der Waals surface area contributed by atoms with E-state index in [1.54, 1.807) is 12.1 Å². The van der Waals surface area contributed by atoms with Gasteiger partial charge in [-0.05, 0) is 43.9 Å². The first-order valence-corrected chi connectivity index (χ1v) is 6.71. The van der Waals surface area contributed by atoms with Crippen LogP contribution in [0.3, 0.4) is 0 Å². The molecule has 0 amide bonds. The number of carboxylic acids is 1. The molecule has 1 aromatic rings. The second kappa shape index (κ2) is 5.76. The van der Waals surface area contributed by atoms with Crippen LogP contribution in [0.1, 0.15) is 36.0 Å². The molecule has 0 radical (unpaired) electrons. The van der Waals surface area contributed by atoms with Crippen LogP contribution in [0.2, 0.25) is 10.0 Å². The van der Waals surface area contributed by atoms with Crippen LogP contribution in [0.15, 0.2) is 29.3 Å². The van der Waals surface area contributed by atoms with E-state index in [0.29, 0.717) is 34.0 Å². The van der Waals surface area contributed by atoms with Crippen molar-refractivity contribution in [2.75, 3.05) is 0 Å². The van der Waals surface area contributed by atoms with Crippen LogP contribution >= 0.6 is 23.2 Å². The van der Waals surface area contributed by atoms with Crippen molar-refractivity contribution in [3.63, 3.8) is 0 Å². The Labute approximate surface area is 120 Å². The summed E-state index contributed by atoms with van der Waals surface area (Å²) in [5, 5.41) is 9.81. The van der Waals surface area contributed by atoms with Gasteiger partial charge in [0.25, 0.3) is 0 Å². The van der Waals surface area contributed by atoms with Gasteiger partial charge in [0.2, 0.25) is 0 Å². The number of rotatable bonds is 3. The average molecular weight is 299 g/mol. The Hall–Kier alpha value is -1.32. The highest BCUT2D eigenvalue weighted by Crippen LogP contribution is 2.29. The van der Waals surface area contributed by atoms with Gasteiger partial charge in [-0.15, -0.1) is 0 Å². The first-order valence-electron chi connectivity index (χ1n) is 5.95. The summed E-state index contributed by atoms with van der Waals surface area (Å²) in [6.45, 7) is 0. The van der Waals surface area contributed by atoms with Gasteiger partial charge in [0.05, 0.1) is 10.0 Å². The number of benzene rings is 1. The fraction of sp³-hybridized carbons (Fsp3) is 0.286. The van der Waals surface area contributed by atoms with E-state index in [0.717, 1.165) is 12.8 Å². The lowest BCUT2D eigenvalue weighted by molar-refractivity contribution is -0.133. The van der Waals surface area contributed by atoms with Gasteiger partial charge >= 0.3 is 5.97 Å². The second-order valence-electron chi connectivity index (χ2n) is 4.43. The van der Waals surface area contributed by atoms with Gasteiger partial charge in [0.1, 0.15) is 0 Å². The molecule has 0 unspecified atom stereocenters. The fourth-order valence-corrected chi connectivity index (χ4v) is 2.50. The molecule has 3 nitrogen and oxygen atoms in total. The van der Waals surface area contributed by atoms with Crippen LogP contribution in [-0.2, 0) is 4.79 Å². The zero-order valence-corrected chi connectivity index (χ0v) is 11.6. The van der Waals surface area contributed by atoms with E-state index >= 15 is 0 Å². The molecule has 1 aliphatic carbocycles. The van der Waals surface area contributed by atoms with E-state index in [1.165, 1.54) is 6.07 Å². The minimum atomic E-state index is -1.01. The summed E-state index contributed by atoms with van der Waals surface area (Å²) in [6, 6.07) is 4.59. The van der Waals surface area contributed by atoms with E-state index in [9.17, 15) is 9.59 Å². The van der Waals surface area contributed by atoms with Gasteiger partial charge < -0.3 is 5.11 Å². The van der Waals surface area contributed by atoms with Crippen molar-refractivity contribution in [1.29, 1.82) is 0 Å². The predicted molar refractivity (Wildman–Crippen MR) is 73.9 cm³/mol. The van der Waals surface area contributed by atoms with E-state index in [-0.39, 0.29) is 11.4 Å². The minimum Gasteiger partial charge on any atom is -0.478 e. The van der Waals surface area contributed by atoms with Gasteiger partial charge in [-0.3, -0.25) is 4.79 Å².